The third-order valence-corrected chi connectivity index (χ3v) is 3.47. The molecule has 0 fully saturated rings. The second kappa shape index (κ2) is 10.6. The van der Waals surface area contributed by atoms with Crippen molar-refractivity contribution in [3.63, 3.8) is 0 Å². The molecule has 4 nitrogen and oxygen atoms in total. The molecule has 114 valence electrons. The summed E-state index contributed by atoms with van der Waals surface area (Å²) in [7, 11) is 0. The predicted octanol–water partition coefficient (Wildman–Crippen LogP) is 2.98. The monoisotopic (exact) mass is 281 g/mol. The van der Waals surface area contributed by atoms with Gasteiger partial charge in [-0.05, 0) is 25.8 Å². The Bertz CT molecular complexity index is 369. The number of hydrogen-bond donors (Lipinski definition) is 2. The van der Waals surface area contributed by atoms with Crippen LogP contribution in [0.1, 0.15) is 56.2 Å². The van der Waals surface area contributed by atoms with Gasteiger partial charge in [0.25, 0.3) is 0 Å². The molecule has 0 bridgehead atoms. The number of aliphatic hydroxyl groups is 2. The molecular formula is C16H27NO3. The quantitative estimate of drug-likeness (QED) is 0.612. The van der Waals surface area contributed by atoms with Crippen LogP contribution in [-0.2, 0) is 6.61 Å². The molecule has 1 aromatic heterocycles. The first kappa shape index (κ1) is 16.9. The standard InChI is InChI=1S/C16H27NO3/c1-14-15(13-19)17-10-9-16(14)20-12-8-6-4-2-3-5-7-11-18/h9-10,18-19H,2-8,11-13H2,1H3. The van der Waals surface area contributed by atoms with Crippen LogP contribution in [0.2, 0.25) is 0 Å². The van der Waals surface area contributed by atoms with Gasteiger partial charge in [0.05, 0.1) is 18.9 Å². The number of nitrogens with zero attached hydrogens (tertiary/aromatic N) is 1. The summed E-state index contributed by atoms with van der Waals surface area (Å²) in [5, 5.41) is 17.8. The summed E-state index contributed by atoms with van der Waals surface area (Å²) >= 11 is 0. The maximum atomic E-state index is 9.14. The maximum Gasteiger partial charge on any atom is 0.125 e. The zero-order valence-corrected chi connectivity index (χ0v) is 12.5. The molecule has 0 radical (unpaired) electrons. The highest BCUT2D eigenvalue weighted by molar-refractivity contribution is 5.34. The van der Waals surface area contributed by atoms with Crippen LogP contribution in [0.3, 0.4) is 0 Å². The molecule has 0 aromatic carbocycles. The van der Waals surface area contributed by atoms with Gasteiger partial charge in [0, 0.05) is 18.4 Å². The van der Waals surface area contributed by atoms with Gasteiger partial charge in [-0.2, -0.15) is 0 Å². The lowest BCUT2D eigenvalue weighted by molar-refractivity contribution is 0.271. The van der Waals surface area contributed by atoms with Crippen LogP contribution in [0.25, 0.3) is 0 Å². The Balaban J connectivity index is 2.09. The minimum atomic E-state index is -0.0448. The molecule has 1 rings (SSSR count). The average molecular weight is 281 g/mol. The first-order chi connectivity index (χ1) is 9.79. The molecule has 1 aromatic rings. The normalized spacial score (nSPS) is 10.8. The van der Waals surface area contributed by atoms with Gasteiger partial charge in [-0.3, -0.25) is 4.98 Å². The molecule has 0 aliphatic carbocycles. The number of rotatable bonds is 11. The van der Waals surface area contributed by atoms with E-state index in [1.165, 1.54) is 25.7 Å². The fraction of sp³-hybridized carbons (Fsp3) is 0.688. The Hall–Kier alpha value is -1.13. The summed E-state index contributed by atoms with van der Waals surface area (Å²) < 4.78 is 5.74. The Morgan fingerprint density at radius 3 is 2.30 bits per heavy atom. The van der Waals surface area contributed by atoms with Gasteiger partial charge in [0.2, 0.25) is 0 Å². The first-order valence-corrected chi connectivity index (χ1v) is 7.58. The third-order valence-electron chi connectivity index (χ3n) is 3.47. The fourth-order valence-corrected chi connectivity index (χ4v) is 2.15. The summed E-state index contributed by atoms with van der Waals surface area (Å²) in [5.41, 5.74) is 1.62. The smallest absolute Gasteiger partial charge is 0.125 e. The van der Waals surface area contributed by atoms with Crippen molar-refractivity contribution in [3.8, 4) is 5.75 Å². The molecule has 0 spiro atoms. The van der Waals surface area contributed by atoms with Gasteiger partial charge in [-0.1, -0.05) is 32.1 Å². The van der Waals surface area contributed by atoms with E-state index in [4.69, 9.17) is 14.9 Å². The van der Waals surface area contributed by atoms with E-state index < -0.39 is 0 Å². The second-order valence-electron chi connectivity index (χ2n) is 5.09. The Morgan fingerprint density at radius 2 is 1.65 bits per heavy atom. The fourth-order valence-electron chi connectivity index (χ4n) is 2.15. The molecule has 0 unspecified atom stereocenters. The summed E-state index contributed by atoms with van der Waals surface area (Å²) in [6, 6.07) is 1.85. The van der Waals surface area contributed by atoms with Gasteiger partial charge in [0.1, 0.15) is 5.75 Å². The van der Waals surface area contributed by atoms with Crippen molar-refractivity contribution >= 4 is 0 Å². The zero-order valence-electron chi connectivity index (χ0n) is 12.5. The molecule has 0 atom stereocenters. The molecule has 0 amide bonds. The van der Waals surface area contributed by atoms with Crippen LogP contribution in [0.5, 0.6) is 5.75 Å². The predicted molar refractivity (Wildman–Crippen MR) is 79.8 cm³/mol. The van der Waals surface area contributed by atoms with Gasteiger partial charge in [-0.25, -0.2) is 0 Å². The van der Waals surface area contributed by atoms with Gasteiger partial charge in [-0.15, -0.1) is 0 Å². The lowest BCUT2D eigenvalue weighted by atomic mass is 10.1. The number of aromatic nitrogens is 1. The number of ether oxygens (including phenoxy) is 1. The van der Waals surface area contributed by atoms with Crippen LogP contribution in [0.15, 0.2) is 12.3 Å². The van der Waals surface area contributed by atoms with Gasteiger partial charge < -0.3 is 14.9 Å². The van der Waals surface area contributed by atoms with E-state index >= 15 is 0 Å². The molecule has 0 saturated carbocycles. The number of aliphatic hydroxyl groups excluding tert-OH is 2. The van der Waals surface area contributed by atoms with Crippen molar-refractivity contribution in [2.24, 2.45) is 0 Å². The molecule has 0 aliphatic heterocycles. The van der Waals surface area contributed by atoms with E-state index in [1.54, 1.807) is 6.20 Å². The van der Waals surface area contributed by atoms with Crippen LogP contribution in [0.4, 0.5) is 0 Å². The molecular weight excluding hydrogens is 254 g/mol. The number of unbranched alkanes of at least 4 members (excludes halogenated alkanes) is 6. The second-order valence-corrected chi connectivity index (χ2v) is 5.09. The Labute approximate surface area is 121 Å². The minimum absolute atomic E-state index is 0.0448. The highest BCUT2D eigenvalue weighted by atomic mass is 16.5. The maximum absolute atomic E-state index is 9.14. The van der Waals surface area contributed by atoms with Crippen molar-refractivity contribution in [2.45, 2.75) is 58.5 Å². The Kier molecular flexibility index (Phi) is 9.00. The van der Waals surface area contributed by atoms with Crippen LogP contribution in [-0.4, -0.2) is 28.4 Å². The highest BCUT2D eigenvalue weighted by Crippen LogP contribution is 2.19. The SMILES string of the molecule is Cc1c(OCCCCCCCCCO)ccnc1CO. The lowest BCUT2D eigenvalue weighted by Gasteiger charge is -2.10. The molecule has 2 N–H and O–H groups in total. The van der Waals surface area contributed by atoms with Crippen LogP contribution >= 0.6 is 0 Å². The highest BCUT2D eigenvalue weighted by Gasteiger charge is 2.05. The van der Waals surface area contributed by atoms with Crippen molar-refractivity contribution in [3.05, 3.63) is 23.5 Å². The van der Waals surface area contributed by atoms with Crippen molar-refractivity contribution in [2.75, 3.05) is 13.2 Å². The topological polar surface area (TPSA) is 62.6 Å². The Morgan fingerprint density at radius 1 is 1.00 bits per heavy atom. The molecule has 20 heavy (non-hydrogen) atoms. The van der Waals surface area contributed by atoms with Crippen LogP contribution in [0, 0.1) is 6.92 Å². The minimum Gasteiger partial charge on any atom is -0.493 e. The number of pyridine rings is 1. The van der Waals surface area contributed by atoms with Crippen molar-refractivity contribution in [1.82, 2.24) is 4.98 Å². The number of hydrogen-bond acceptors (Lipinski definition) is 4. The van der Waals surface area contributed by atoms with Crippen molar-refractivity contribution in [1.29, 1.82) is 0 Å². The molecule has 0 aliphatic rings. The van der Waals surface area contributed by atoms with Crippen molar-refractivity contribution < 1.29 is 14.9 Å². The van der Waals surface area contributed by atoms with Crippen LogP contribution < -0.4 is 4.74 Å². The van der Waals surface area contributed by atoms with Gasteiger partial charge in [0.15, 0.2) is 0 Å². The largest absolute Gasteiger partial charge is 0.493 e. The molecule has 1 heterocycles. The third kappa shape index (κ3) is 6.35. The summed E-state index contributed by atoms with van der Waals surface area (Å²) in [6.07, 6.45) is 9.64. The van der Waals surface area contributed by atoms with E-state index in [9.17, 15) is 0 Å². The van der Waals surface area contributed by atoms with E-state index in [-0.39, 0.29) is 6.61 Å². The zero-order chi connectivity index (χ0) is 14.6. The first-order valence-electron chi connectivity index (χ1n) is 7.58. The van der Waals surface area contributed by atoms with E-state index in [0.29, 0.717) is 18.9 Å². The summed E-state index contributed by atoms with van der Waals surface area (Å²) in [6.45, 7) is 2.91. The lowest BCUT2D eigenvalue weighted by Crippen LogP contribution is -2.02. The van der Waals surface area contributed by atoms with Gasteiger partial charge >= 0.3 is 0 Å². The van der Waals surface area contributed by atoms with E-state index in [2.05, 4.69) is 4.98 Å². The summed E-state index contributed by atoms with van der Waals surface area (Å²) in [5.74, 6) is 0.826. The van der Waals surface area contributed by atoms with E-state index in [1.807, 2.05) is 13.0 Å². The average Bonchev–Trinajstić information content (AvgIpc) is 2.47. The molecule has 4 heteroatoms. The van der Waals surface area contributed by atoms with E-state index in [0.717, 1.165) is 30.6 Å². The molecule has 0 saturated heterocycles. The summed E-state index contributed by atoms with van der Waals surface area (Å²) in [4.78, 5) is 4.10.